The molecule has 3 aliphatic carbocycles. The third-order valence-electron chi connectivity index (χ3n) is 7.68. The minimum Gasteiger partial charge on any atom is -0.352 e. The average molecular weight is 432 g/mol. The monoisotopic (exact) mass is 431 g/mol. The summed E-state index contributed by atoms with van der Waals surface area (Å²) in [4.78, 5) is 34.7. The maximum atomic E-state index is 12.8. The molecule has 1 amide bonds. The highest BCUT2D eigenvalue weighted by Gasteiger charge is 2.54. The van der Waals surface area contributed by atoms with Gasteiger partial charge >= 0.3 is 0 Å². The van der Waals surface area contributed by atoms with Crippen molar-refractivity contribution in [1.29, 1.82) is 0 Å². The van der Waals surface area contributed by atoms with Crippen LogP contribution in [-0.4, -0.2) is 27.2 Å². The summed E-state index contributed by atoms with van der Waals surface area (Å²) in [6.45, 7) is 5.95. The molecule has 0 aliphatic heterocycles. The Balaban J connectivity index is 1.20. The molecule has 2 heterocycles. The van der Waals surface area contributed by atoms with Gasteiger partial charge in [0.05, 0.1) is 16.4 Å². The molecule has 156 valence electrons. The third-order valence-corrected chi connectivity index (χ3v) is 9.94. The number of rotatable bonds is 5. The van der Waals surface area contributed by atoms with Crippen molar-refractivity contribution < 1.29 is 4.79 Å². The Morgan fingerprint density at radius 3 is 2.90 bits per heavy atom. The molecule has 2 aromatic heterocycles. The molecule has 6 atom stereocenters. The molecule has 0 spiro atoms. The van der Waals surface area contributed by atoms with Crippen molar-refractivity contribution in [3.05, 3.63) is 26.6 Å². The number of nitrogens with zero attached hydrogens (tertiary/aromatic N) is 1. The highest BCUT2D eigenvalue weighted by Crippen LogP contribution is 2.58. The molecule has 0 aromatic carbocycles. The fraction of sp³-hybridized carbons (Fsp3) is 0.682. The SMILES string of the molecule is Cc1sc2nc(CSC(C)C(=O)NC3CC4CC3C3CCCC43)[nH]c(=O)c2c1C. The van der Waals surface area contributed by atoms with Gasteiger partial charge in [-0.15, -0.1) is 23.1 Å². The molecular weight excluding hydrogens is 402 g/mol. The van der Waals surface area contributed by atoms with Crippen LogP contribution in [0.25, 0.3) is 10.2 Å². The Morgan fingerprint density at radius 2 is 2.07 bits per heavy atom. The van der Waals surface area contributed by atoms with Crippen molar-refractivity contribution in [3.8, 4) is 0 Å². The van der Waals surface area contributed by atoms with Crippen LogP contribution in [0, 0.1) is 37.5 Å². The van der Waals surface area contributed by atoms with Crippen molar-refractivity contribution in [3.63, 3.8) is 0 Å². The number of fused-ring (bicyclic) bond motifs is 6. The average Bonchev–Trinajstić information content (AvgIpc) is 3.42. The van der Waals surface area contributed by atoms with Crippen molar-refractivity contribution in [2.45, 2.75) is 69.9 Å². The van der Waals surface area contributed by atoms with Crippen LogP contribution in [0.2, 0.25) is 0 Å². The summed E-state index contributed by atoms with van der Waals surface area (Å²) in [6.07, 6.45) is 6.67. The first-order valence-electron chi connectivity index (χ1n) is 10.8. The third kappa shape index (κ3) is 3.34. The van der Waals surface area contributed by atoms with E-state index < -0.39 is 0 Å². The molecule has 3 fully saturated rings. The predicted octanol–water partition coefficient (Wildman–Crippen LogP) is 4.16. The largest absolute Gasteiger partial charge is 0.352 e. The summed E-state index contributed by atoms with van der Waals surface area (Å²) in [5.74, 6) is 4.69. The quantitative estimate of drug-likeness (QED) is 0.745. The Hall–Kier alpha value is -1.34. The number of hydrogen-bond donors (Lipinski definition) is 2. The van der Waals surface area contributed by atoms with Crippen molar-refractivity contribution >= 4 is 39.2 Å². The van der Waals surface area contributed by atoms with Gasteiger partial charge in [0.2, 0.25) is 5.91 Å². The number of nitrogens with one attached hydrogen (secondary N) is 2. The lowest BCUT2D eigenvalue weighted by Gasteiger charge is -2.32. The van der Waals surface area contributed by atoms with Gasteiger partial charge < -0.3 is 10.3 Å². The summed E-state index contributed by atoms with van der Waals surface area (Å²) in [5, 5.41) is 3.91. The number of hydrogen-bond acceptors (Lipinski definition) is 5. The van der Waals surface area contributed by atoms with Crippen molar-refractivity contribution in [1.82, 2.24) is 15.3 Å². The molecule has 0 saturated heterocycles. The number of thiophene rings is 1. The van der Waals surface area contributed by atoms with Gasteiger partial charge in [-0.2, -0.15) is 0 Å². The van der Waals surface area contributed by atoms with Crippen LogP contribution in [0.5, 0.6) is 0 Å². The number of aryl methyl sites for hydroxylation is 2. The summed E-state index contributed by atoms with van der Waals surface area (Å²) in [6, 6.07) is 0.376. The van der Waals surface area contributed by atoms with Gasteiger partial charge in [0.15, 0.2) is 0 Å². The second kappa shape index (κ2) is 7.41. The maximum Gasteiger partial charge on any atom is 0.259 e. The number of carbonyl (C=O) groups is 1. The molecule has 0 radical (unpaired) electrons. The number of carbonyl (C=O) groups excluding carboxylic acids is 1. The second-order valence-electron chi connectivity index (χ2n) is 9.20. The normalized spacial score (nSPS) is 31.3. The van der Waals surface area contributed by atoms with E-state index in [1.807, 2.05) is 20.8 Å². The Bertz CT molecular complexity index is 1010. The highest BCUT2D eigenvalue weighted by molar-refractivity contribution is 7.99. The van der Waals surface area contributed by atoms with E-state index in [2.05, 4.69) is 15.3 Å². The van der Waals surface area contributed by atoms with Crippen molar-refractivity contribution in [2.24, 2.45) is 23.7 Å². The fourth-order valence-electron chi connectivity index (χ4n) is 6.18. The van der Waals surface area contributed by atoms with E-state index in [-0.39, 0.29) is 16.7 Å². The number of aromatic nitrogens is 2. The number of aromatic amines is 1. The summed E-state index contributed by atoms with van der Waals surface area (Å²) in [5.41, 5.74) is 0.943. The molecule has 3 saturated carbocycles. The van der Waals surface area contributed by atoms with Gasteiger partial charge in [-0.05, 0) is 75.7 Å². The summed E-state index contributed by atoms with van der Waals surface area (Å²) >= 11 is 3.11. The second-order valence-corrected chi connectivity index (χ2v) is 11.7. The summed E-state index contributed by atoms with van der Waals surface area (Å²) in [7, 11) is 0. The van der Waals surface area contributed by atoms with Gasteiger partial charge in [-0.3, -0.25) is 9.59 Å². The maximum absolute atomic E-state index is 12.8. The molecule has 2 bridgehead atoms. The minimum absolute atomic E-state index is 0.0716. The predicted molar refractivity (Wildman–Crippen MR) is 119 cm³/mol. The van der Waals surface area contributed by atoms with Crippen LogP contribution in [-0.2, 0) is 10.5 Å². The fourth-order valence-corrected chi connectivity index (χ4v) is 7.99. The molecule has 5 rings (SSSR count). The van der Waals surface area contributed by atoms with E-state index >= 15 is 0 Å². The Labute approximate surface area is 179 Å². The van der Waals surface area contributed by atoms with Gasteiger partial charge in [0, 0.05) is 10.9 Å². The highest BCUT2D eigenvalue weighted by atomic mass is 32.2. The van der Waals surface area contributed by atoms with Crippen LogP contribution in [0.3, 0.4) is 0 Å². The minimum atomic E-state index is -0.152. The molecule has 3 aliphatic rings. The van der Waals surface area contributed by atoms with Crippen LogP contribution >= 0.6 is 23.1 Å². The number of amides is 1. The Kier molecular flexibility index (Phi) is 5.01. The van der Waals surface area contributed by atoms with Crippen molar-refractivity contribution in [2.75, 3.05) is 0 Å². The van der Waals surface area contributed by atoms with E-state index in [4.69, 9.17) is 0 Å². The number of thioether (sulfide) groups is 1. The van der Waals surface area contributed by atoms with Crippen LogP contribution in [0.15, 0.2) is 4.79 Å². The molecular formula is C22H29N3O2S2. The zero-order valence-electron chi connectivity index (χ0n) is 17.3. The lowest BCUT2D eigenvalue weighted by atomic mass is 9.79. The van der Waals surface area contributed by atoms with Crippen LogP contribution < -0.4 is 10.9 Å². The smallest absolute Gasteiger partial charge is 0.259 e. The molecule has 29 heavy (non-hydrogen) atoms. The lowest BCUT2D eigenvalue weighted by Crippen LogP contribution is -2.45. The van der Waals surface area contributed by atoms with Crippen LogP contribution in [0.1, 0.15) is 55.3 Å². The van der Waals surface area contributed by atoms with Gasteiger partial charge in [-0.25, -0.2) is 4.98 Å². The lowest BCUT2D eigenvalue weighted by molar-refractivity contribution is -0.121. The topological polar surface area (TPSA) is 74.8 Å². The standard InChI is InChI=1S/C22H29N3O2S2/c1-10-11(2)29-22-19(10)21(27)24-18(25-22)9-28-12(3)20(26)23-17-8-13-7-16(17)15-6-4-5-14(13)15/h12-17H,4-9H2,1-3H3,(H,23,26)(H,24,25,27). The van der Waals surface area contributed by atoms with E-state index in [1.54, 1.807) is 23.1 Å². The van der Waals surface area contributed by atoms with Crippen LogP contribution in [0.4, 0.5) is 0 Å². The number of H-pyrrole nitrogens is 1. The molecule has 6 unspecified atom stereocenters. The zero-order valence-corrected chi connectivity index (χ0v) is 18.9. The van der Waals surface area contributed by atoms with Gasteiger partial charge in [0.1, 0.15) is 10.7 Å². The van der Waals surface area contributed by atoms with Gasteiger partial charge in [0.25, 0.3) is 5.56 Å². The molecule has 5 nitrogen and oxygen atoms in total. The first-order chi connectivity index (χ1) is 13.9. The molecule has 2 N–H and O–H groups in total. The van der Waals surface area contributed by atoms with E-state index in [0.29, 0.717) is 28.9 Å². The van der Waals surface area contributed by atoms with E-state index in [0.717, 1.165) is 33.0 Å². The van der Waals surface area contributed by atoms with E-state index in [9.17, 15) is 9.59 Å². The summed E-state index contributed by atoms with van der Waals surface area (Å²) < 4.78 is 0. The molecule has 2 aromatic rings. The molecule has 7 heteroatoms. The zero-order chi connectivity index (χ0) is 20.3. The van der Waals surface area contributed by atoms with Gasteiger partial charge in [-0.1, -0.05) is 6.42 Å². The first-order valence-corrected chi connectivity index (χ1v) is 12.7. The van der Waals surface area contributed by atoms with E-state index in [1.165, 1.54) is 32.1 Å². The Morgan fingerprint density at radius 1 is 1.28 bits per heavy atom. The first kappa shape index (κ1) is 19.6.